The molecular weight excluding hydrogens is 406 g/mol. The van der Waals surface area contributed by atoms with Gasteiger partial charge in [-0.05, 0) is 53.6 Å². The molecule has 1 aromatic carbocycles. The van der Waals surface area contributed by atoms with Gasteiger partial charge in [-0.15, -0.1) is 0 Å². The Hall–Kier alpha value is -2.63. The Kier molecular flexibility index (Phi) is 5.91. The van der Waals surface area contributed by atoms with E-state index >= 15 is 0 Å². The van der Waals surface area contributed by atoms with Crippen LogP contribution in [-0.4, -0.2) is 30.6 Å². The van der Waals surface area contributed by atoms with Crippen LogP contribution in [0.3, 0.4) is 0 Å². The molecule has 0 unspecified atom stereocenters. The maximum Gasteiger partial charge on any atom is 0.334 e. The van der Waals surface area contributed by atoms with Crippen LogP contribution in [-0.2, 0) is 23.9 Å². The van der Waals surface area contributed by atoms with Gasteiger partial charge in [0.25, 0.3) is 0 Å². The van der Waals surface area contributed by atoms with Gasteiger partial charge in [0, 0.05) is 12.5 Å². The van der Waals surface area contributed by atoms with Crippen LogP contribution in [0, 0.1) is 16.7 Å². The monoisotopic (exact) mass is 439 g/mol. The Balaban J connectivity index is 1.51. The molecule has 2 aliphatic carbocycles. The lowest BCUT2D eigenvalue weighted by Crippen LogP contribution is -2.51. The maximum atomic E-state index is 13.0. The molecule has 172 valence electrons. The van der Waals surface area contributed by atoms with Crippen LogP contribution < -0.4 is 5.32 Å². The van der Waals surface area contributed by atoms with E-state index in [2.05, 4.69) is 26.1 Å². The molecule has 0 aromatic heterocycles. The number of esters is 2. The highest BCUT2D eigenvalue weighted by Crippen LogP contribution is 2.61. The average molecular weight is 440 g/mol. The largest absolute Gasteiger partial charge is 0.462 e. The van der Waals surface area contributed by atoms with Crippen molar-refractivity contribution in [2.45, 2.75) is 71.9 Å². The van der Waals surface area contributed by atoms with Gasteiger partial charge in [-0.3, -0.25) is 9.59 Å². The number of rotatable bonds is 5. The number of carbonyl (C=O) groups excluding carboxylic acids is 3. The van der Waals surface area contributed by atoms with Crippen LogP contribution in [0.5, 0.6) is 0 Å². The molecule has 1 N–H and O–H groups in total. The zero-order valence-corrected chi connectivity index (χ0v) is 19.4. The Bertz CT molecular complexity index is 950. The summed E-state index contributed by atoms with van der Waals surface area (Å²) in [5.41, 5.74) is 2.57. The molecule has 0 spiro atoms. The summed E-state index contributed by atoms with van der Waals surface area (Å²) in [6.07, 6.45) is 3.05. The zero-order chi connectivity index (χ0) is 23.1. The maximum absolute atomic E-state index is 13.0. The zero-order valence-electron chi connectivity index (χ0n) is 19.4. The topological polar surface area (TPSA) is 81.7 Å². The van der Waals surface area contributed by atoms with Crippen LogP contribution >= 0.6 is 0 Å². The first-order valence-electron chi connectivity index (χ1n) is 11.5. The first-order valence-corrected chi connectivity index (χ1v) is 11.5. The van der Waals surface area contributed by atoms with Crippen molar-refractivity contribution in [2.75, 3.05) is 6.61 Å². The molecule has 1 amide bonds. The number of hydrogen-bond acceptors (Lipinski definition) is 5. The number of amides is 1. The molecule has 32 heavy (non-hydrogen) atoms. The van der Waals surface area contributed by atoms with Gasteiger partial charge in [0.05, 0.1) is 12.5 Å². The Morgan fingerprint density at radius 2 is 1.91 bits per heavy atom. The summed E-state index contributed by atoms with van der Waals surface area (Å²) < 4.78 is 11.4. The minimum absolute atomic E-state index is 0.0292. The van der Waals surface area contributed by atoms with Crippen molar-refractivity contribution in [2.24, 2.45) is 16.7 Å². The molecule has 1 heterocycles. The summed E-state index contributed by atoms with van der Waals surface area (Å²) in [6.45, 7) is 8.49. The molecule has 6 heteroatoms. The van der Waals surface area contributed by atoms with E-state index in [1.54, 1.807) is 0 Å². The fourth-order valence-corrected chi connectivity index (χ4v) is 6.47. The standard InChI is InChI=1S/C26H33NO5/c1-16(28)27-21(17-8-6-5-7-9-17)12-23(29)32-18-13-25(2,3)22-11-10-19-20(15-31-24(19)30)26(22,4)14-18/h5-9,18,21-22H,10-15H2,1-4H3,(H,27,28)/t18-,21-,22+,26-/m1/s1. The molecule has 1 aromatic rings. The normalized spacial score (nSPS) is 29.4. The summed E-state index contributed by atoms with van der Waals surface area (Å²) in [5, 5.41) is 2.87. The van der Waals surface area contributed by atoms with Crippen LogP contribution in [0.1, 0.15) is 71.4 Å². The van der Waals surface area contributed by atoms with Crippen molar-refractivity contribution in [1.82, 2.24) is 5.32 Å². The van der Waals surface area contributed by atoms with E-state index in [1.807, 2.05) is 30.3 Å². The summed E-state index contributed by atoms with van der Waals surface area (Å²) in [7, 11) is 0. The highest BCUT2D eigenvalue weighted by atomic mass is 16.5. The minimum Gasteiger partial charge on any atom is -0.462 e. The van der Waals surface area contributed by atoms with Gasteiger partial charge in [0.1, 0.15) is 12.7 Å². The van der Waals surface area contributed by atoms with Crippen molar-refractivity contribution in [3.8, 4) is 0 Å². The van der Waals surface area contributed by atoms with Crippen molar-refractivity contribution >= 4 is 17.8 Å². The molecule has 1 saturated carbocycles. The third-order valence-corrected chi connectivity index (χ3v) is 7.70. The Labute approximate surface area is 189 Å². The van der Waals surface area contributed by atoms with Crippen molar-refractivity contribution in [3.05, 3.63) is 47.0 Å². The molecule has 4 rings (SSSR count). The van der Waals surface area contributed by atoms with Crippen LogP contribution in [0.4, 0.5) is 0 Å². The van der Waals surface area contributed by atoms with Gasteiger partial charge < -0.3 is 14.8 Å². The Morgan fingerprint density at radius 3 is 2.59 bits per heavy atom. The van der Waals surface area contributed by atoms with Crippen LogP contribution in [0.2, 0.25) is 0 Å². The predicted octanol–water partition coefficient (Wildman–Crippen LogP) is 4.26. The van der Waals surface area contributed by atoms with E-state index in [4.69, 9.17) is 9.47 Å². The van der Waals surface area contributed by atoms with E-state index in [1.165, 1.54) is 6.92 Å². The van der Waals surface area contributed by atoms with Gasteiger partial charge in [0.15, 0.2) is 0 Å². The number of cyclic esters (lactones) is 1. The summed E-state index contributed by atoms with van der Waals surface area (Å²) in [4.78, 5) is 36.9. The number of hydrogen-bond donors (Lipinski definition) is 1. The molecule has 0 bridgehead atoms. The molecule has 0 radical (unpaired) electrons. The first-order chi connectivity index (χ1) is 15.1. The minimum atomic E-state index is -0.425. The van der Waals surface area contributed by atoms with E-state index in [-0.39, 0.29) is 41.2 Å². The molecule has 1 fully saturated rings. The second-order valence-electron chi connectivity index (χ2n) is 10.4. The van der Waals surface area contributed by atoms with Gasteiger partial charge in [-0.2, -0.15) is 0 Å². The summed E-state index contributed by atoms with van der Waals surface area (Å²) >= 11 is 0. The van der Waals surface area contributed by atoms with Gasteiger partial charge in [0.2, 0.25) is 5.91 Å². The summed E-state index contributed by atoms with van der Waals surface area (Å²) in [5.74, 6) is -0.278. The number of carbonyl (C=O) groups is 3. The molecule has 4 atom stereocenters. The highest BCUT2D eigenvalue weighted by molar-refractivity contribution is 5.92. The second-order valence-corrected chi connectivity index (χ2v) is 10.4. The Morgan fingerprint density at radius 1 is 1.19 bits per heavy atom. The van der Waals surface area contributed by atoms with E-state index in [0.717, 1.165) is 36.0 Å². The second kappa shape index (κ2) is 8.38. The SMILES string of the molecule is CC(=O)N[C@H](CC(=O)O[C@@H]1CC(C)(C)[C@@H]2CCC3=C(COC3=O)[C@@]2(C)C1)c1ccccc1. The van der Waals surface area contributed by atoms with Crippen molar-refractivity contribution in [3.63, 3.8) is 0 Å². The average Bonchev–Trinajstić information content (AvgIpc) is 3.09. The van der Waals surface area contributed by atoms with Crippen LogP contribution in [0.25, 0.3) is 0 Å². The summed E-state index contributed by atoms with van der Waals surface area (Å²) in [6, 6.07) is 9.05. The third-order valence-electron chi connectivity index (χ3n) is 7.70. The molecule has 0 saturated heterocycles. The van der Waals surface area contributed by atoms with Crippen LogP contribution in [0.15, 0.2) is 41.5 Å². The molecule has 1 aliphatic heterocycles. The van der Waals surface area contributed by atoms with Crippen molar-refractivity contribution in [1.29, 1.82) is 0 Å². The predicted molar refractivity (Wildman–Crippen MR) is 119 cm³/mol. The van der Waals surface area contributed by atoms with E-state index in [0.29, 0.717) is 18.9 Å². The third kappa shape index (κ3) is 4.19. The lowest BCUT2D eigenvalue weighted by Gasteiger charge is -2.55. The van der Waals surface area contributed by atoms with Gasteiger partial charge >= 0.3 is 11.9 Å². The number of ether oxygens (including phenoxy) is 2. The number of nitrogens with one attached hydrogen (secondary N) is 1. The lowest BCUT2D eigenvalue weighted by atomic mass is 9.50. The van der Waals surface area contributed by atoms with Gasteiger partial charge in [-0.1, -0.05) is 51.1 Å². The molecule has 6 nitrogen and oxygen atoms in total. The molecule has 3 aliphatic rings. The smallest absolute Gasteiger partial charge is 0.334 e. The van der Waals surface area contributed by atoms with Crippen molar-refractivity contribution < 1.29 is 23.9 Å². The fraction of sp³-hybridized carbons (Fsp3) is 0.577. The quantitative estimate of drug-likeness (QED) is 0.694. The highest BCUT2D eigenvalue weighted by Gasteiger charge is 2.56. The number of benzene rings is 1. The first kappa shape index (κ1) is 22.6. The van der Waals surface area contributed by atoms with E-state index in [9.17, 15) is 14.4 Å². The van der Waals surface area contributed by atoms with E-state index < -0.39 is 6.04 Å². The lowest BCUT2D eigenvalue weighted by molar-refractivity contribution is -0.159. The molecular formula is C26H33NO5. The number of fused-ring (bicyclic) bond motifs is 2. The fourth-order valence-electron chi connectivity index (χ4n) is 6.47. The van der Waals surface area contributed by atoms with Gasteiger partial charge in [-0.25, -0.2) is 4.79 Å².